The summed E-state index contributed by atoms with van der Waals surface area (Å²) in [5.41, 5.74) is 1.99. The Balaban J connectivity index is 2.23. The molecule has 0 bridgehead atoms. The number of ether oxygens (including phenoxy) is 2. The maximum absolute atomic E-state index is 10.9. The molecular formula is C13H19NO5S. The number of nitrogens with two attached hydrogens (primary N) is 1. The van der Waals surface area contributed by atoms with E-state index in [0.29, 0.717) is 0 Å². The van der Waals surface area contributed by atoms with Gasteiger partial charge in [0.2, 0.25) is 0 Å². The van der Waals surface area contributed by atoms with Gasteiger partial charge < -0.3 is 9.47 Å². The zero-order valence-corrected chi connectivity index (χ0v) is 12.5. The summed E-state index contributed by atoms with van der Waals surface area (Å²) in [4.78, 5) is 0. The summed E-state index contributed by atoms with van der Waals surface area (Å²) in [7, 11) is -4.00. The molecule has 1 aromatic carbocycles. The van der Waals surface area contributed by atoms with Crippen molar-refractivity contribution in [3.05, 3.63) is 35.4 Å². The average molecular weight is 301 g/mol. The van der Waals surface area contributed by atoms with Crippen molar-refractivity contribution < 1.29 is 22.1 Å². The van der Waals surface area contributed by atoms with Gasteiger partial charge in [-0.2, -0.15) is 8.42 Å². The Morgan fingerprint density at radius 2 is 1.95 bits per heavy atom. The molecule has 0 radical (unpaired) electrons. The summed E-state index contributed by atoms with van der Waals surface area (Å²) in [6.07, 6.45) is -0.933. The van der Waals surface area contributed by atoms with Gasteiger partial charge >= 0.3 is 10.3 Å². The number of hydrogen-bond acceptors (Lipinski definition) is 5. The minimum atomic E-state index is -4.00. The summed E-state index contributed by atoms with van der Waals surface area (Å²) in [5.74, 6) is -0.806. The van der Waals surface area contributed by atoms with E-state index in [1.807, 2.05) is 31.2 Å². The molecule has 2 atom stereocenters. The SMILES string of the molecule is Cc1ccccc1C1OC(C)(C)OC1COS(N)(=O)=O. The summed E-state index contributed by atoms with van der Waals surface area (Å²) in [6, 6.07) is 7.71. The summed E-state index contributed by atoms with van der Waals surface area (Å²) >= 11 is 0. The minimum Gasteiger partial charge on any atom is -0.342 e. The molecule has 20 heavy (non-hydrogen) atoms. The zero-order valence-electron chi connectivity index (χ0n) is 11.7. The van der Waals surface area contributed by atoms with E-state index >= 15 is 0 Å². The summed E-state index contributed by atoms with van der Waals surface area (Å²) < 4.78 is 38.0. The van der Waals surface area contributed by atoms with E-state index < -0.39 is 28.3 Å². The molecule has 1 saturated heterocycles. The van der Waals surface area contributed by atoms with Crippen molar-refractivity contribution in [2.45, 2.75) is 38.8 Å². The molecule has 0 aliphatic carbocycles. The van der Waals surface area contributed by atoms with Crippen LogP contribution in [0.15, 0.2) is 24.3 Å². The molecule has 1 aliphatic heterocycles. The van der Waals surface area contributed by atoms with Crippen LogP contribution in [0.3, 0.4) is 0 Å². The lowest BCUT2D eigenvalue weighted by atomic mass is 10.00. The van der Waals surface area contributed by atoms with Gasteiger partial charge in [0.1, 0.15) is 12.2 Å². The highest BCUT2D eigenvalue weighted by molar-refractivity contribution is 7.84. The first-order chi connectivity index (χ1) is 9.18. The monoisotopic (exact) mass is 301 g/mol. The van der Waals surface area contributed by atoms with Crippen molar-refractivity contribution in [2.75, 3.05) is 6.61 Å². The molecule has 2 rings (SSSR count). The molecule has 2 N–H and O–H groups in total. The first kappa shape index (κ1) is 15.4. The second-order valence-electron chi connectivity index (χ2n) is 5.23. The van der Waals surface area contributed by atoms with Crippen LogP contribution in [-0.4, -0.2) is 26.9 Å². The normalized spacial score (nSPS) is 25.8. The highest BCUT2D eigenvalue weighted by atomic mass is 32.2. The maximum Gasteiger partial charge on any atom is 0.333 e. The van der Waals surface area contributed by atoms with E-state index in [2.05, 4.69) is 4.18 Å². The van der Waals surface area contributed by atoms with Crippen molar-refractivity contribution in [3.8, 4) is 0 Å². The second-order valence-corrected chi connectivity index (χ2v) is 6.45. The van der Waals surface area contributed by atoms with Gasteiger partial charge in [-0.15, -0.1) is 0 Å². The predicted octanol–water partition coefficient (Wildman–Crippen LogP) is 1.41. The number of aryl methyl sites for hydroxylation is 1. The molecule has 112 valence electrons. The molecular weight excluding hydrogens is 282 g/mol. The largest absolute Gasteiger partial charge is 0.342 e. The maximum atomic E-state index is 10.9. The summed E-state index contributed by atoms with van der Waals surface area (Å²) in [5, 5.41) is 4.85. The molecule has 1 aromatic rings. The van der Waals surface area contributed by atoms with Crippen LogP contribution < -0.4 is 5.14 Å². The smallest absolute Gasteiger partial charge is 0.333 e. The van der Waals surface area contributed by atoms with Crippen molar-refractivity contribution in [1.29, 1.82) is 0 Å². The lowest BCUT2D eigenvalue weighted by Crippen LogP contribution is -2.28. The van der Waals surface area contributed by atoms with Gasteiger partial charge in [0.05, 0.1) is 6.61 Å². The van der Waals surface area contributed by atoms with Crippen LogP contribution in [0, 0.1) is 6.92 Å². The van der Waals surface area contributed by atoms with E-state index in [1.54, 1.807) is 13.8 Å². The van der Waals surface area contributed by atoms with Crippen molar-refractivity contribution in [3.63, 3.8) is 0 Å². The van der Waals surface area contributed by atoms with Gasteiger partial charge in [0.15, 0.2) is 5.79 Å². The Labute approximate surface area is 119 Å². The first-order valence-electron chi connectivity index (χ1n) is 6.26. The highest BCUT2D eigenvalue weighted by Crippen LogP contribution is 2.39. The third-order valence-corrected chi connectivity index (χ3v) is 3.54. The third-order valence-electron chi connectivity index (χ3n) is 3.08. The molecule has 1 fully saturated rings. The Bertz CT molecular complexity index is 584. The van der Waals surface area contributed by atoms with Crippen LogP contribution in [0.2, 0.25) is 0 Å². The van der Waals surface area contributed by atoms with E-state index in [-0.39, 0.29) is 6.61 Å². The standard InChI is InChI=1S/C13H19NO5S/c1-9-6-4-5-7-10(9)12-11(8-17-20(14,15)16)18-13(2,3)19-12/h4-7,11-12H,8H2,1-3H3,(H2,14,15,16). The Morgan fingerprint density at radius 3 is 2.55 bits per heavy atom. The number of benzene rings is 1. The van der Waals surface area contributed by atoms with Gasteiger partial charge in [-0.3, -0.25) is 4.18 Å². The van der Waals surface area contributed by atoms with Crippen molar-refractivity contribution in [1.82, 2.24) is 0 Å². The van der Waals surface area contributed by atoms with Crippen LogP contribution >= 0.6 is 0 Å². The quantitative estimate of drug-likeness (QED) is 0.908. The van der Waals surface area contributed by atoms with Gasteiger partial charge in [-0.1, -0.05) is 24.3 Å². The van der Waals surface area contributed by atoms with Gasteiger partial charge in [-0.05, 0) is 31.9 Å². The van der Waals surface area contributed by atoms with Crippen LogP contribution in [-0.2, 0) is 24.0 Å². The Morgan fingerprint density at radius 1 is 1.30 bits per heavy atom. The predicted molar refractivity (Wildman–Crippen MR) is 73.0 cm³/mol. The summed E-state index contributed by atoms with van der Waals surface area (Å²) in [6.45, 7) is 5.33. The van der Waals surface area contributed by atoms with E-state index in [0.717, 1.165) is 11.1 Å². The van der Waals surface area contributed by atoms with Crippen LogP contribution in [0.25, 0.3) is 0 Å². The molecule has 1 heterocycles. The Kier molecular flexibility index (Phi) is 4.17. The van der Waals surface area contributed by atoms with E-state index in [1.165, 1.54) is 0 Å². The first-order valence-corrected chi connectivity index (χ1v) is 7.73. The second kappa shape index (κ2) is 5.42. The van der Waals surface area contributed by atoms with Crippen LogP contribution in [0.5, 0.6) is 0 Å². The topological polar surface area (TPSA) is 87.8 Å². The van der Waals surface area contributed by atoms with Crippen LogP contribution in [0.4, 0.5) is 0 Å². The van der Waals surface area contributed by atoms with E-state index in [9.17, 15) is 8.42 Å². The fourth-order valence-corrected chi connectivity index (χ4v) is 2.61. The molecule has 1 aliphatic rings. The minimum absolute atomic E-state index is 0.179. The highest BCUT2D eigenvalue weighted by Gasteiger charge is 2.43. The molecule has 0 amide bonds. The fourth-order valence-electron chi connectivity index (χ4n) is 2.29. The molecule has 0 spiro atoms. The molecule has 0 aromatic heterocycles. The van der Waals surface area contributed by atoms with Gasteiger partial charge in [-0.25, -0.2) is 5.14 Å². The lowest BCUT2D eigenvalue weighted by molar-refractivity contribution is -0.148. The van der Waals surface area contributed by atoms with E-state index in [4.69, 9.17) is 14.6 Å². The fraction of sp³-hybridized carbons (Fsp3) is 0.538. The average Bonchev–Trinajstić information content (AvgIpc) is 2.62. The van der Waals surface area contributed by atoms with Crippen molar-refractivity contribution >= 4 is 10.3 Å². The Hall–Kier alpha value is -0.990. The van der Waals surface area contributed by atoms with Crippen LogP contribution in [0.1, 0.15) is 31.1 Å². The molecule has 2 unspecified atom stereocenters. The number of rotatable bonds is 4. The molecule has 6 nitrogen and oxygen atoms in total. The zero-order chi connectivity index (χ0) is 15.0. The van der Waals surface area contributed by atoms with Gasteiger partial charge in [0.25, 0.3) is 0 Å². The van der Waals surface area contributed by atoms with Gasteiger partial charge in [0, 0.05) is 0 Å². The van der Waals surface area contributed by atoms with Crippen molar-refractivity contribution in [2.24, 2.45) is 5.14 Å². The molecule has 7 heteroatoms. The molecule has 0 saturated carbocycles. The third kappa shape index (κ3) is 3.77. The number of hydrogen-bond donors (Lipinski definition) is 1. The lowest BCUT2D eigenvalue weighted by Gasteiger charge is -2.18.